The van der Waals surface area contributed by atoms with Crippen molar-refractivity contribution in [1.82, 2.24) is 10.2 Å². The van der Waals surface area contributed by atoms with Gasteiger partial charge in [0.2, 0.25) is 0 Å². The van der Waals surface area contributed by atoms with E-state index < -0.39 is 0 Å². The number of hydrogen-bond acceptors (Lipinski definition) is 2. The zero-order valence-electron chi connectivity index (χ0n) is 15.5. The summed E-state index contributed by atoms with van der Waals surface area (Å²) in [7, 11) is 0. The minimum atomic E-state index is 0.0415. The van der Waals surface area contributed by atoms with Crippen LogP contribution >= 0.6 is 0 Å². The number of benzene rings is 1. The fourth-order valence-electron chi connectivity index (χ4n) is 3.07. The zero-order valence-corrected chi connectivity index (χ0v) is 15.5. The summed E-state index contributed by atoms with van der Waals surface area (Å²) in [5, 5.41) is 3.21. The van der Waals surface area contributed by atoms with Gasteiger partial charge in [0.1, 0.15) is 0 Å². The van der Waals surface area contributed by atoms with Gasteiger partial charge in [-0.15, -0.1) is 0 Å². The number of nitrogens with one attached hydrogen (secondary N) is 1. The first kappa shape index (κ1) is 18.8. The molecule has 24 heavy (non-hydrogen) atoms. The highest BCUT2D eigenvalue weighted by atomic mass is 16.5. The van der Waals surface area contributed by atoms with Gasteiger partial charge in [0.15, 0.2) is 0 Å². The van der Waals surface area contributed by atoms with E-state index in [4.69, 9.17) is 4.74 Å². The number of carbonyl (C=O) groups excluding carboxylic acids is 1. The summed E-state index contributed by atoms with van der Waals surface area (Å²) in [6, 6.07) is 10.3. The number of piperidine rings is 1. The van der Waals surface area contributed by atoms with Crippen LogP contribution in [0.3, 0.4) is 0 Å². The van der Waals surface area contributed by atoms with Crippen LogP contribution in [0.2, 0.25) is 0 Å². The molecule has 0 bridgehead atoms. The molecule has 0 radical (unpaired) electrons. The second-order valence-corrected chi connectivity index (χ2v) is 7.50. The Morgan fingerprint density at radius 2 is 1.79 bits per heavy atom. The Kier molecular flexibility index (Phi) is 7.10. The lowest BCUT2D eigenvalue weighted by Crippen LogP contribution is -2.47. The molecule has 4 nitrogen and oxygen atoms in total. The third kappa shape index (κ3) is 5.52. The van der Waals surface area contributed by atoms with E-state index in [1.807, 2.05) is 23.1 Å². The fourth-order valence-corrected chi connectivity index (χ4v) is 3.07. The van der Waals surface area contributed by atoms with E-state index in [2.05, 4.69) is 45.1 Å². The third-order valence-electron chi connectivity index (χ3n) is 4.50. The van der Waals surface area contributed by atoms with Crippen molar-refractivity contribution in [3.8, 4) is 0 Å². The van der Waals surface area contributed by atoms with Crippen molar-refractivity contribution in [3.63, 3.8) is 0 Å². The molecule has 1 N–H and O–H groups in total. The molecule has 1 heterocycles. The molecule has 0 aromatic heterocycles. The van der Waals surface area contributed by atoms with E-state index in [0.717, 1.165) is 38.1 Å². The molecular formula is C20H32N2O2. The lowest BCUT2D eigenvalue weighted by molar-refractivity contribution is 0.00186. The maximum Gasteiger partial charge on any atom is 0.317 e. The topological polar surface area (TPSA) is 41.6 Å². The van der Waals surface area contributed by atoms with Gasteiger partial charge in [-0.1, -0.05) is 58.0 Å². The highest BCUT2D eigenvalue weighted by molar-refractivity contribution is 5.74. The molecule has 134 valence electrons. The Morgan fingerprint density at radius 3 is 2.33 bits per heavy atom. The Morgan fingerprint density at radius 1 is 1.17 bits per heavy atom. The Hall–Kier alpha value is -1.55. The van der Waals surface area contributed by atoms with Crippen molar-refractivity contribution < 1.29 is 9.53 Å². The average molecular weight is 332 g/mol. The number of hydrogen-bond donors (Lipinski definition) is 1. The molecule has 1 saturated heterocycles. The maximum atomic E-state index is 12.6. The predicted molar refractivity (Wildman–Crippen MR) is 97.9 cm³/mol. The molecule has 1 aliphatic rings. The first-order valence-corrected chi connectivity index (χ1v) is 9.19. The highest BCUT2D eigenvalue weighted by Crippen LogP contribution is 2.22. The van der Waals surface area contributed by atoms with E-state index in [1.165, 1.54) is 0 Å². The first-order valence-electron chi connectivity index (χ1n) is 9.19. The summed E-state index contributed by atoms with van der Waals surface area (Å²) in [5.74, 6) is 0.910. The minimum absolute atomic E-state index is 0.0415. The summed E-state index contributed by atoms with van der Waals surface area (Å²) >= 11 is 0. The molecule has 1 aromatic carbocycles. The fraction of sp³-hybridized carbons (Fsp3) is 0.650. The van der Waals surface area contributed by atoms with Crippen LogP contribution < -0.4 is 5.32 Å². The quantitative estimate of drug-likeness (QED) is 0.847. The van der Waals surface area contributed by atoms with Crippen molar-refractivity contribution in [1.29, 1.82) is 0 Å². The maximum absolute atomic E-state index is 12.6. The summed E-state index contributed by atoms with van der Waals surface area (Å²) < 4.78 is 5.90. The summed E-state index contributed by atoms with van der Waals surface area (Å²) in [6.07, 6.45) is 2.15. The van der Waals surface area contributed by atoms with Crippen molar-refractivity contribution in [3.05, 3.63) is 35.9 Å². The van der Waals surface area contributed by atoms with Gasteiger partial charge in [-0.05, 0) is 30.2 Å². The standard InChI is InChI=1S/C20H32N2O2/c1-15(2)14-24-18-10-12-22(13-11-18)20(23)21-19(16(3)4)17-8-6-5-7-9-17/h5-9,15-16,18-19H,10-14H2,1-4H3,(H,21,23). The first-order chi connectivity index (χ1) is 11.5. The predicted octanol–water partition coefficient (Wildman–Crippen LogP) is 4.23. The number of ether oxygens (including phenoxy) is 1. The number of amides is 2. The van der Waals surface area contributed by atoms with Crippen LogP contribution in [0.25, 0.3) is 0 Å². The average Bonchev–Trinajstić information content (AvgIpc) is 2.58. The number of likely N-dealkylation sites (tertiary alicyclic amines) is 1. The molecule has 0 saturated carbocycles. The van der Waals surface area contributed by atoms with Gasteiger partial charge < -0.3 is 15.0 Å². The molecule has 1 aromatic rings. The van der Waals surface area contributed by atoms with E-state index in [0.29, 0.717) is 17.9 Å². The van der Waals surface area contributed by atoms with Gasteiger partial charge in [-0.3, -0.25) is 0 Å². The Balaban J connectivity index is 1.86. The number of rotatable bonds is 6. The summed E-state index contributed by atoms with van der Waals surface area (Å²) in [6.45, 7) is 11.0. The van der Waals surface area contributed by atoms with Gasteiger partial charge in [0.05, 0.1) is 12.1 Å². The van der Waals surface area contributed by atoms with Gasteiger partial charge in [0, 0.05) is 19.7 Å². The van der Waals surface area contributed by atoms with Gasteiger partial charge in [-0.25, -0.2) is 4.79 Å². The van der Waals surface area contributed by atoms with Gasteiger partial charge >= 0.3 is 6.03 Å². The van der Waals surface area contributed by atoms with Crippen LogP contribution in [0.5, 0.6) is 0 Å². The van der Waals surface area contributed by atoms with Crippen LogP contribution in [-0.2, 0) is 4.74 Å². The van der Waals surface area contributed by atoms with Gasteiger partial charge in [0.25, 0.3) is 0 Å². The normalized spacial score (nSPS) is 17.3. The number of nitrogens with zero attached hydrogens (tertiary/aromatic N) is 1. The van der Waals surface area contributed by atoms with Crippen molar-refractivity contribution in [2.75, 3.05) is 19.7 Å². The summed E-state index contributed by atoms with van der Waals surface area (Å²) in [5.41, 5.74) is 1.16. The van der Waals surface area contributed by atoms with Crippen LogP contribution in [0.4, 0.5) is 4.79 Å². The zero-order chi connectivity index (χ0) is 17.5. The van der Waals surface area contributed by atoms with Crippen LogP contribution in [0.15, 0.2) is 30.3 Å². The molecule has 1 fully saturated rings. The van der Waals surface area contributed by atoms with Crippen molar-refractivity contribution in [2.24, 2.45) is 11.8 Å². The second kappa shape index (κ2) is 9.07. The molecule has 0 spiro atoms. The molecule has 2 rings (SSSR count). The molecule has 2 amide bonds. The third-order valence-corrected chi connectivity index (χ3v) is 4.50. The second-order valence-electron chi connectivity index (χ2n) is 7.50. The molecular weight excluding hydrogens is 300 g/mol. The smallest absolute Gasteiger partial charge is 0.317 e. The van der Waals surface area contributed by atoms with Crippen molar-refractivity contribution >= 4 is 6.03 Å². The summed E-state index contributed by atoms with van der Waals surface area (Å²) in [4.78, 5) is 14.6. The van der Waals surface area contributed by atoms with Crippen LogP contribution in [-0.4, -0.2) is 36.7 Å². The van der Waals surface area contributed by atoms with E-state index in [-0.39, 0.29) is 12.1 Å². The number of carbonyl (C=O) groups is 1. The number of urea groups is 1. The van der Waals surface area contributed by atoms with Crippen LogP contribution in [0.1, 0.15) is 52.1 Å². The van der Waals surface area contributed by atoms with E-state index >= 15 is 0 Å². The minimum Gasteiger partial charge on any atom is -0.378 e. The SMILES string of the molecule is CC(C)COC1CCN(C(=O)NC(c2ccccc2)C(C)C)CC1. The van der Waals surface area contributed by atoms with E-state index in [1.54, 1.807) is 0 Å². The van der Waals surface area contributed by atoms with E-state index in [9.17, 15) is 4.79 Å². The highest BCUT2D eigenvalue weighted by Gasteiger charge is 2.26. The molecule has 0 aliphatic carbocycles. The monoisotopic (exact) mass is 332 g/mol. The lowest BCUT2D eigenvalue weighted by Gasteiger charge is -2.34. The lowest BCUT2D eigenvalue weighted by atomic mass is 9.96. The largest absolute Gasteiger partial charge is 0.378 e. The van der Waals surface area contributed by atoms with Gasteiger partial charge in [-0.2, -0.15) is 0 Å². The molecule has 1 atom stereocenters. The van der Waals surface area contributed by atoms with Crippen LogP contribution in [0, 0.1) is 11.8 Å². The van der Waals surface area contributed by atoms with Crippen molar-refractivity contribution in [2.45, 2.75) is 52.7 Å². The Bertz CT molecular complexity index is 494. The molecule has 1 aliphatic heterocycles. The Labute approximate surface area is 146 Å². The molecule has 4 heteroatoms. The molecule has 1 unspecified atom stereocenters.